The van der Waals surface area contributed by atoms with Gasteiger partial charge in [-0.2, -0.15) is 0 Å². The van der Waals surface area contributed by atoms with Crippen LogP contribution >= 0.6 is 0 Å². The molecule has 0 unspecified atom stereocenters. The van der Waals surface area contributed by atoms with Crippen LogP contribution in [0, 0.1) is 5.82 Å². The normalized spacial score (nSPS) is 15.1. The summed E-state index contributed by atoms with van der Waals surface area (Å²) in [4.78, 5) is 29.0. The van der Waals surface area contributed by atoms with Crippen LogP contribution in [0.5, 0.6) is 5.75 Å². The summed E-state index contributed by atoms with van der Waals surface area (Å²) < 4.78 is 52.7. The first kappa shape index (κ1) is 32.6. The molecule has 0 saturated carbocycles. The predicted octanol–water partition coefficient (Wildman–Crippen LogP) is 4.94. The number of nitrogens with zero attached hydrogens (tertiary/aromatic N) is 1. The number of nitrogens with one attached hydrogen (secondary N) is 2. The average Bonchev–Trinajstić information content (AvgIpc) is 3.60. The Bertz CT molecular complexity index is 1680. The van der Waals surface area contributed by atoms with Crippen LogP contribution in [0.3, 0.4) is 0 Å². The fourth-order valence-corrected chi connectivity index (χ4v) is 6.21. The van der Waals surface area contributed by atoms with Crippen LogP contribution in [0.25, 0.3) is 0 Å². The topological polar surface area (TPSA) is 114 Å². The first-order valence-corrected chi connectivity index (χ1v) is 16.5. The summed E-state index contributed by atoms with van der Waals surface area (Å²) in [5, 5.41) is 3.00. The molecule has 11 heteroatoms. The second-order valence-electron chi connectivity index (χ2n) is 11.0. The summed E-state index contributed by atoms with van der Waals surface area (Å²) in [5.74, 6) is -0.901. The van der Waals surface area contributed by atoms with Crippen molar-refractivity contribution in [2.24, 2.45) is 0 Å². The summed E-state index contributed by atoms with van der Waals surface area (Å²) in [6, 6.07) is 28.7. The van der Waals surface area contributed by atoms with Crippen molar-refractivity contribution in [3.05, 3.63) is 126 Å². The second kappa shape index (κ2) is 15.5. The first-order chi connectivity index (χ1) is 22.3. The Morgan fingerprint density at radius 3 is 2.17 bits per heavy atom. The maximum Gasteiger partial charge on any atom is 0.261 e. The van der Waals surface area contributed by atoms with Gasteiger partial charge in [-0.15, -0.1) is 0 Å². The summed E-state index contributed by atoms with van der Waals surface area (Å²) in [6.45, 7) is 0.831. The van der Waals surface area contributed by atoms with E-state index in [0.29, 0.717) is 19.6 Å². The highest BCUT2D eigenvalue weighted by molar-refractivity contribution is 7.92. The number of sulfonamides is 1. The standard InChI is InChI=1S/C35H36FN3O6S/c36-28-13-15-29(16-14-28)38-46(42,43)32-19-17-30(18-20-32)45-25-34(40)39(24-27-10-5-2-6-11-27)33(22-26-8-3-1-4-9-26)35(41)37-23-31-12-7-21-44-31/h1-6,8-11,13-20,31,33,38H,7,12,21-25H2,(H,37,41)/t31-,33+/m0/s1. The Balaban J connectivity index is 1.31. The number of hydrogen-bond acceptors (Lipinski definition) is 6. The highest BCUT2D eigenvalue weighted by Gasteiger charge is 2.31. The third kappa shape index (κ3) is 9.15. The maximum absolute atomic E-state index is 13.8. The van der Waals surface area contributed by atoms with Gasteiger partial charge in [0.1, 0.15) is 17.6 Å². The van der Waals surface area contributed by atoms with Crippen molar-refractivity contribution in [2.45, 2.75) is 42.8 Å². The van der Waals surface area contributed by atoms with E-state index in [4.69, 9.17) is 9.47 Å². The van der Waals surface area contributed by atoms with Gasteiger partial charge >= 0.3 is 0 Å². The monoisotopic (exact) mass is 645 g/mol. The van der Waals surface area contributed by atoms with Crippen molar-refractivity contribution >= 4 is 27.5 Å². The van der Waals surface area contributed by atoms with Crippen molar-refractivity contribution in [1.29, 1.82) is 0 Å². The summed E-state index contributed by atoms with van der Waals surface area (Å²) >= 11 is 0. The number of benzene rings is 4. The highest BCUT2D eigenvalue weighted by Crippen LogP contribution is 2.21. The molecule has 0 bridgehead atoms. The molecule has 240 valence electrons. The molecule has 9 nitrogen and oxygen atoms in total. The Kier molecular flexibility index (Phi) is 11.0. The number of hydrogen-bond donors (Lipinski definition) is 2. The molecular weight excluding hydrogens is 609 g/mol. The first-order valence-electron chi connectivity index (χ1n) is 15.0. The van der Waals surface area contributed by atoms with E-state index < -0.39 is 27.8 Å². The zero-order valence-corrected chi connectivity index (χ0v) is 26.0. The molecule has 2 N–H and O–H groups in total. The van der Waals surface area contributed by atoms with Crippen LogP contribution < -0.4 is 14.8 Å². The number of anilines is 1. The molecule has 5 rings (SSSR count). The van der Waals surface area contributed by atoms with E-state index in [1.54, 1.807) is 0 Å². The zero-order chi connectivity index (χ0) is 32.4. The van der Waals surface area contributed by atoms with Crippen LogP contribution in [0.2, 0.25) is 0 Å². The van der Waals surface area contributed by atoms with Gasteiger partial charge in [0.15, 0.2) is 6.61 Å². The Morgan fingerprint density at radius 1 is 0.891 bits per heavy atom. The SMILES string of the molecule is O=C(NC[C@@H]1CCCO1)[C@@H](Cc1ccccc1)N(Cc1ccccc1)C(=O)COc1ccc(S(=O)(=O)Nc2ccc(F)cc2)cc1. The summed E-state index contributed by atoms with van der Waals surface area (Å²) in [7, 11) is -3.94. The number of carbonyl (C=O) groups is 2. The average molecular weight is 646 g/mol. The maximum atomic E-state index is 13.8. The number of carbonyl (C=O) groups excluding carboxylic acids is 2. The van der Waals surface area contributed by atoms with Crippen LogP contribution in [0.15, 0.2) is 114 Å². The molecule has 1 saturated heterocycles. The van der Waals surface area contributed by atoms with Crippen molar-refractivity contribution in [1.82, 2.24) is 10.2 Å². The predicted molar refractivity (Wildman–Crippen MR) is 172 cm³/mol. The van der Waals surface area contributed by atoms with Gasteiger partial charge in [-0.05, 0) is 72.5 Å². The molecule has 1 aliphatic rings. The number of halogens is 1. The quantitative estimate of drug-likeness (QED) is 0.201. The van der Waals surface area contributed by atoms with E-state index in [9.17, 15) is 22.4 Å². The van der Waals surface area contributed by atoms with E-state index >= 15 is 0 Å². The molecule has 0 aromatic heterocycles. The lowest BCUT2D eigenvalue weighted by Crippen LogP contribution is -2.52. The largest absolute Gasteiger partial charge is 0.484 e. The third-order valence-electron chi connectivity index (χ3n) is 7.59. The Morgan fingerprint density at radius 2 is 1.54 bits per heavy atom. The fraction of sp³-hybridized carbons (Fsp3) is 0.257. The second-order valence-corrected chi connectivity index (χ2v) is 12.6. The molecule has 46 heavy (non-hydrogen) atoms. The smallest absolute Gasteiger partial charge is 0.261 e. The van der Waals surface area contributed by atoms with E-state index in [-0.39, 0.29) is 41.5 Å². The van der Waals surface area contributed by atoms with Gasteiger partial charge in [-0.3, -0.25) is 14.3 Å². The molecule has 0 aliphatic carbocycles. The summed E-state index contributed by atoms with van der Waals surface area (Å²) in [6.07, 6.45) is 2.05. The van der Waals surface area contributed by atoms with Crippen molar-refractivity contribution in [3.63, 3.8) is 0 Å². The van der Waals surface area contributed by atoms with E-state index in [2.05, 4.69) is 10.0 Å². The Hall–Kier alpha value is -4.74. The lowest BCUT2D eigenvalue weighted by atomic mass is 10.0. The van der Waals surface area contributed by atoms with E-state index in [1.807, 2.05) is 60.7 Å². The molecule has 2 atom stereocenters. The van der Waals surface area contributed by atoms with Crippen molar-refractivity contribution < 1.29 is 31.9 Å². The molecule has 1 aliphatic heterocycles. The molecule has 2 amide bonds. The molecule has 0 radical (unpaired) electrons. The van der Waals surface area contributed by atoms with Crippen molar-refractivity contribution in [2.75, 3.05) is 24.5 Å². The number of rotatable bonds is 14. The minimum absolute atomic E-state index is 0.0351. The van der Waals surface area contributed by atoms with Gasteiger partial charge in [-0.25, -0.2) is 12.8 Å². The number of amides is 2. The van der Waals surface area contributed by atoms with Crippen LogP contribution in [0.1, 0.15) is 24.0 Å². The third-order valence-corrected chi connectivity index (χ3v) is 8.98. The molecule has 1 fully saturated rings. The van der Waals surface area contributed by atoms with Crippen molar-refractivity contribution in [3.8, 4) is 5.75 Å². The highest BCUT2D eigenvalue weighted by atomic mass is 32.2. The van der Waals surface area contributed by atoms with Crippen LogP contribution in [-0.2, 0) is 37.3 Å². The van der Waals surface area contributed by atoms with Gasteiger partial charge in [0.25, 0.3) is 15.9 Å². The van der Waals surface area contributed by atoms with E-state index in [0.717, 1.165) is 36.1 Å². The molecule has 4 aromatic carbocycles. The molecule has 4 aromatic rings. The minimum atomic E-state index is -3.94. The zero-order valence-electron chi connectivity index (χ0n) is 25.2. The lowest BCUT2D eigenvalue weighted by Gasteiger charge is -2.31. The number of ether oxygens (including phenoxy) is 2. The molecule has 1 heterocycles. The van der Waals surface area contributed by atoms with Gasteiger partial charge in [0.2, 0.25) is 5.91 Å². The van der Waals surface area contributed by atoms with Gasteiger partial charge in [0.05, 0.1) is 11.0 Å². The van der Waals surface area contributed by atoms with Gasteiger partial charge in [0, 0.05) is 31.8 Å². The molecule has 0 spiro atoms. The lowest BCUT2D eigenvalue weighted by molar-refractivity contribution is -0.143. The molecular formula is C35H36FN3O6S. The summed E-state index contributed by atoms with van der Waals surface area (Å²) in [5.41, 5.74) is 1.97. The van der Waals surface area contributed by atoms with E-state index in [1.165, 1.54) is 41.3 Å². The van der Waals surface area contributed by atoms with Gasteiger partial charge in [-0.1, -0.05) is 60.7 Å². The van der Waals surface area contributed by atoms with Crippen LogP contribution in [0.4, 0.5) is 10.1 Å². The Labute approximate surface area is 268 Å². The fourth-order valence-electron chi connectivity index (χ4n) is 5.15. The van der Waals surface area contributed by atoms with Gasteiger partial charge < -0.3 is 19.7 Å². The minimum Gasteiger partial charge on any atom is -0.484 e. The van der Waals surface area contributed by atoms with Crippen LogP contribution in [-0.4, -0.2) is 57.0 Å².